The van der Waals surface area contributed by atoms with Crippen molar-refractivity contribution >= 4 is 5.69 Å². The third-order valence-corrected chi connectivity index (χ3v) is 3.30. The van der Waals surface area contributed by atoms with Crippen LogP contribution in [0.4, 0.5) is 5.69 Å². The Morgan fingerprint density at radius 1 is 1.32 bits per heavy atom. The smallest absolute Gasteiger partial charge is 0.273 e. The van der Waals surface area contributed by atoms with Crippen molar-refractivity contribution in [2.75, 3.05) is 7.11 Å². The average molecular weight is 267 g/mol. The van der Waals surface area contributed by atoms with Crippen molar-refractivity contribution < 1.29 is 19.5 Å². The molecule has 1 aliphatic carbocycles. The number of ether oxygens (including phenoxy) is 2. The van der Waals surface area contributed by atoms with Gasteiger partial charge in [0.05, 0.1) is 24.2 Å². The summed E-state index contributed by atoms with van der Waals surface area (Å²) in [6, 6.07) is 4.20. The summed E-state index contributed by atoms with van der Waals surface area (Å²) in [7, 11) is 1.43. The number of aliphatic hydroxyl groups excluding tert-OH is 1. The van der Waals surface area contributed by atoms with Gasteiger partial charge < -0.3 is 14.6 Å². The van der Waals surface area contributed by atoms with Gasteiger partial charge in [-0.2, -0.15) is 0 Å². The second-order valence-electron chi connectivity index (χ2n) is 4.60. The van der Waals surface area contributed by atoms with E-state index >= 15 is 0 Å². The number of benzene rings is 1. The van der Waals surface area contributed by atoms with Crippen LogP contribution in [0.5, 0.6) is 11.5 Å². The molecule has 0 saturated heterocycles. The molecule has 19 heavy (non-hydrogen) atoms. The zero-order valence-corrected chi connectivity index (χ0v) is 10.7. The topological polar surface area (TPSA) is 81.8 Å². The molecular formula is C13H17NO5. The molecule has 0 unspecified atom stereocenters. The van der Waals surface area contributed by atoms with Gasteiger partial charge in [-0.05, 0) is 25.3 Å². The molecule has 1 aromatic carbocycles. The standard InChI is InChI=1S/C13H17NO5/c1-18-13-8-9(14(16)17)6-7-12(13)19-11-5-3-2-4-10(11)15/h6-8,10-11,15H,2-5H2,1H3/t10-,11-/m1/s1. The van der Waals surface area contributed by atoms with Gasteiger partial charge in [0.25, 0.3) is 5.69 Å². The maximum atomic E-state index is 10.7. The zero-order chi connectivity index (χ0) is 13.8. The van der Waals surface area contributed by atoms with Gasteiger partial charge in [-0.3, -0.25) is 10.1 Å². The molecule has 1 fully saturated rings. The third-order valence-electron chi connectivity index (χ3n) is 3.30. The van der Waals surface area contributed by atoms with E-state index in [-0.39, 0.29) is 11.8 Å². The fraction of sp³-hybridized carbons (Fsp3) is 0.538. The Morgan fingerprint density at radius 2 is 2.05 bits per heavy atom. The summed E-state index contributed by atoms with van der Waals surface area (Å²) in [4.78, 5) is 10.2. The van der Waals surface area contributed by atoms with Crippen LogP contribution in [0.25, 0.3) is 0 Å². The Bertz CT molecular complexity index is 462. The summed E-state index contributed by atoms with van der Waals surface area (Å²) in [5.41, 5.74) is -0.0478. The Balaban J connectivity index is 2.17. The number of hydrogen-bond donors (Lipinski definition) is 1. The highest BCUT2D eigenvalue weighted by Gasteiger charge is 2.26. The molecule has 2 rings (SSSR count). The van der Waals surface area contributed by atoms with Crippen LogP contribution < -0.4 is 9.47 Å². The Hall–Kier alpha value is -1.82. The van der Waals surface area contributed by atoms with E-state index in [0.29, 0.717) is 11.5 Å². The lowest BCUT2D eigenvalue weighted by atomic mass is 9.95. The van der Waals surface area contributed by atoms with Crippen molar-refractivity contribution in [3.8, 4) is 11.5 Å². The molecular weight excluding hydrogens is 250 g/mol. The average Bonchev–Trinajstić information content (AvgIpc) is 2.41. The van der Waals surface area contributed by atoms with Crippen molar-refractivity contribution in [2.24, 2.45) is 0 Å². The van der Waals surface area contributed by atoms with Crippen molar-refractivity contribution in [1.29, 1.82) is 0 Å². The first kappa shape index (κ1) is 13.6. The van der Waals surface area contributed by atoms with E-state index < -0.39 is 11.0 Å². The van der Waals surface area contributed by atoms with E-state index in [0.717, 1.165) is 25.7 Å². The predicted molar refractivity (Wildman–Crippen MR) is 68.5 cm³/mol. The maximum absolute atomic E-state index is 10.7. The summed E-state index contributed by atoms with van der Waals surface area (Å²) < 4.78 is 10.8. The molecule has 1 aromatic rings. The van der Waals surface area contributed by atoms with E-state index in [1.54, 1.807) is 0 Å². The first-order valence-corrected chi connectivity index (χ1v) is 6.29. The van der Waals surface area contributed by atoms with Crippen molar-refractivity contribution in [3.63, 3.8) is 0 Å². The SMILES string of the molecule is COc1cc([N+](=O)[O-])ccc1O[C@@H]1CCCC[C@H]1O. The fourth-order valence-electron chi connectivity index (χ4n) is 2.25. The van der Waals surface area contributed by atoms with Crippen molar-refractivity contribution in [1.82, 2.24) is 0 Å². The molecule has 0 radical (unpaired) electrons. The highest BCUT2D eigenvalue weighted by molar-refractivity contribution is 5.48. The summed E-state index contributed by atoms with van der Waals surface area (Å²) in [6.45, 7) is 0. The van der Waals surface area contributed by atoms with Gasteiger partial charge in [0.1, 0.15) is 6.10 Å². The third kappa shape index (κ3) is 3.14. The minimum absolute atomic E-state index is 0.0478. The Labute approximate surface area is 111 Å². The highest BCUT2D eigenvalue weighted by atomic mass is 16.6. The lowest BCUT2D eigenvalue weighted by molar-refractivity contribution is -0.385. The number of aliphatic hydroxyl groups is 1. The first-order chi connectivity index (χ1) is 9.11. The van der Waals surface area contributed by atoms with Crippen molar-refractivity contribution in [2.45, 2.75) is 37.9 Å². The number of nitrogens with zero attached hydrogens (tertiary/aromatic N) is 1. The number of nitro benzene ring substituents is 1. The monoisotopic (exact) mass is 267 g/mol. The van der Waals surface area contributed by atoms with Crippen LogP contribution in [0, 0.1) is 10.1 Å². The van der Waals surface area contributed by atoms with Crippen LogP contribution in [0.15, 0.2) is 18.2 Å². The Kier molecular flexibility index (Phi) is 4.21. The normalized spacial score (nSPS) is 22.8. The van der Waals surface area contributed by atoms with Crippen LogP contribution >= 0.6 is 0 Å². The summed E-state index contributed by atoms with van der Waals surface area (Å²) >= 11 is 0. The lowest BCUT2D eigenvalue weighted by Gasteiger charge is -2.28. The molecule has 6 nitrogen and oxygen atoms in total. The lowest BCUT2D eigenvalue weighted by Crippen LogP contribution is -2.34. The summed E-state index contributed by atoms with van der Waals surface area (Å²) in [5, 5.41) is 20.6. The second kappa shape index (κ2) is 5.88. The molecule has 0 heterocycles. The van der Waals surface area contributed by atoms with Gasteiger partial charge in [-0.1, -0.05) is 6.42 Å². The molecule has 2 atom stereocenters. The highest BCUT2D eigenvalue weighted by Crippen LogP contribution is 2.34. The van der Waals surface area contributed by atoms with Gasteiger partial charge in [-0.15, -0.1) is 0 Å². The van der Waals surface area contributed by atoms with E-state index in [1.807, 2.05) is 0 Å². The summed E-state index contributed by atoms with van der Waals surface area (Å²) in [5.74, 6) is 0.742. The van der Waals surface area contributed by atoms with Crippen molar-refractivity contribution in [3.05, 3.63) is 28.3 Å². The summed E-state index contributed by atoms with van der Waals surface area (Å²) in [6.07, 6.45) is 2.74. The zero-order valence-electron chi connectivity index (χ0n) is 10.7. The van der Waals surface area contributed by atoms with Gasteiger partial charge in [0.15, 0.2) is 11.5 Å². The molecule has 104 valence electrons. The molecule has 1 aliphatic rings. The predicted octanol–water partition coefficient (Wildman–Crippen LogP) is 2.29. The fourth-order valence-corrected chi connectivity index (χ4v) is 2.25. The van der Waals surface area contributed by atoms with Gasteiger partial charge >= 0.3 is 0 Å². The second-order valence-corrected chi connectivity index (χ2v) is 4.60. The van der Waals surface area contributed by atoms with Crippen LogP contribution in [0.1, 0.15) is 25.7 Å². The van der Waals surface area contributed by atoms with Crippen LogP contribution in [-0.4, -0.2) is 29.3 Å². The van der Waals surface area contributed by atoms with Crippen LogP contribution in [0.3, 0.4) is 0 Å². The number of rotatable bonds is 4. The Morgan fingerprint density at radius 3 is 2.68 bits per heavy atom. The van der Waals surface area contributed by atoms with E-state index in [4.69, 9.17) is 9.47 Å². The largest absolute Gasteiger partial charge is 0.493 e. The minimum atomic E-state index is -0.492. The van der Waals surface area contributed by atoms with E-state index in [9.17, 15) is 15.2 Å². The molecule has 0 amide bonds. The van der Waals surface area contributed by atoms with E-state index in [2.05, 4.69) is 0 Å². The number of methoxy groups -OCH3 is 1. The van der Waals surface area contributed by atoms with Crippen LogP contribution in [-0.2, 0) is 0 Å². The quantitative estimate of drug-likeness (QED) is 0.668. The minimum Gasteiger partial charge on any atom is -0.493 e. The molecule has 6 heteroatoms. The number of nitro groups is 1. The molecule has 1 saturated carbocycles. The number of hydrogen-bond acceptors (Lipinski definition) is 5. The number of non-ortho nitro benzene ring substituents is 1. The van der Waals surface area contributed by atoms with Gasteiger partial charge in [0, 0.05) is 6.07 Å². The molecule has 0 aliphatic heterocycles. The van der Waals surface area contributed by atoms with Gasteiger partial charge in [-0.25, -0.2) is 0 Å². The molecule has 0 bridgehead atoms. The van der Waals surface area contributed by atoms with Crippen LogP contribution in [0.2, 0.25) is 0 Å². The first-order valence-electron chi connectivity index (χ1n) is 6.29. The van der Waals surface area contributed by atoms with E-state index in [1.165, 1.54) is 25.3 Å². The van der Waals surface area contributed by atoms with Gasteiger partial charge in [0.2, 0.25) is 0 Å². The molecule has 0 spiro atoms. The molecule has 1 N–H and O–H groups in total. The maximum Gasteiger partial charge on any atom is 0.273 e. The molecule has 0 aromatic heterocycles.